The van der Waals surface area contributed by atoms with Crippen molar-refractivity contribution in [2.75, 3.05) is 26.2 Å². The molecule has 4 rings (SSSR count). The number of aryl methyl sites for hydroxylation is 1. The summed E-state index contributed by atoms with van der Waals surface area (Å²) < 4.78 is 11.5. The number of ether oxygens (including phenoxy) is 1. The van der Waals surface area contributed by atoms with Crippen molar-refractivity contribution in [3.63, 3.8) is 0 Å². The van der Waals surface area contributed by atoms with E-state index in [9.17, 15) is 10.1 Å². The molecule has 1 aliphatic rings. The third kappa shape index (κ3) is 5.43. The van der Waals surface area contributed by atoms with Crippen molar-refractivity contribution in [2.45, 2.75) is 33.4 Å². The van der Waals surface area contributed by atoms with Crippen LogP contribution < -0.4 is 4.74 Å². The van der Waals surface area contributed by atoms with Gasteiger partial charge >= 0.3 is 0 Å². The molecule has 0 N–H and O–H groups in total. The van der Waals surface area contributed by atoms with E-state index in [-0.39, 0.29) is 11.8 Å². The number of piperazine rings is 1. The van der Waals surface area contributed by atoms with Gasteiger partial charge in [-0.3, -0.25) is 9.69 Å². The molecule has 0 aliphatic carbocycles. The number of carbonyl (C=O) groups is 1. The van der Waals surface area contributed by atoms with Crippen LogP contribution in [-0.4, -0.2) is 58.1 Å². The standard InChI is InChI=1S/C26H29N5O3/c1-18(2)24(33-22-7-5-4-6-21(22)16-27)26(32)31-14-12-30(13-15-31)17-23-28-25(29-34-23)20-10-8-19(3)9-11-20/h4-11,18,24H,12-15,17H2,1-3H3. The second-order valence-electron chi connectivity index (χ2n) is 8.87. The van der Waals surface area contributed by atoms with Crippen molar-refractivity contribution < 1.29 is 14.1 Å². The molecule has 1 unspecified atom stereocenters. The first-order chi connectivity index (χ1) is 16.4. The van der Waals surface area contributed by atoms with E-state index in [0.717, 1.165) is 5.56 Å². The number of para-hydroxylation sites is 1. The Bertz CT molecular complexity index is 1160. The number of carbonyl (C=O) groups excluding carboxylic acids is 1. The number of nitrogens with zero attached hydrogens (tertiary/aromatic N) is 5. The van der Waals surface area contributed by atoms with Gasteiger partial charge in [-0.25, -0.2) is 0 Å². The lowest BCUT2D eigenvalue weighted by Gasteiger charge is -2.36. The van der Waals surface area contributed by atoms with Gasteiger partial charge in [0, 0.05) is 31.7 Å². The molecule has 34 heavy (non-hydrogen) atoms. The molecule has 1 amide bonds. The molecule has 1 saturated heterocycles. The van der Waals surface area contributed by atoms with Crippen molar-refractivity contribution in [2.24, 2.45) is 5.92 Å². The van der Waals surface area contributed by atoms with Crippen LogP contribution in [0.3, 0.4) is 0 Å². The van der Waals surface area contributed by atoms with E-state index in [1.807, 2.05) is 49.9 Å². The maximum atomic E-state index is 13.3. The largest absolute Gasteiger partial charge is 0.479 e. The Kier molecular flexibility index (Phi) is 7.24. The van der Waals surface area contributed by atoms with E-state index in [1.54, 1.807) is 24.3 Å². The Balaban J connectivity index is 1.34. The molecule has 1 aromatic heterocycles. The van der Waals surface area contributed by atoms with Gasteiger partial charge in [0.1, 0.15) is 11.8 Å². The van der Waals surface area contributed by atoms with Crippen molar-refractivity contribution in [1.82, 2.24) is 19.9 Å². The first-order valence-electron chi connectivity index (χ1n) is 11.5. The highest BCUT2D eigenvalue weighted by Crippen LogP contribution is 2.23. The third-order valence-electron chi connectivity index (χ3n) is 5.93. The minimum Gasteiger partial charge on any atom is -0.479 e. The first-order valence-corrected chi connectivity index (χ1v) is 11.5. The van der Waals surface area contributed by atoms with E-state index in [4.69, 9.17) is 9.26 Å². The fraction of sp³-hybridized carbons (Fsp3) is 0.385. The molecule has 0 saturated carbocycles. The summed E-state index contributed by atoms with van der Waals surface area (Å²) >= 11 is 0. The average Bonchev–Trinajstić information content (AvgIpc) is 3.31. The smallest absolute Gasteiger partial charge is 0.264 e. The Morgan fingerprint density at radius 2 is 1.82 bits per heavy atom. The summed E-state index contributed by atoms with van der Waals surface area (Å²) in [5.41, 5.74) is 2.53. The van der Waals surface area contributed by atoms with Crippen molar-refractivity contribution in [3.8, 4) is 23.2 Å². The lowest BCUT2D eigenvalue weighted by Crippen LogP contribution is -2.53. The predicted octanol–water partition coefficient (Wildman–Crippen LogP) is 3.66. The van der Waals surface area contributed by atoms with Crippen molar-refractivity contribution in [1.29, 1.82) is 5.26 Å². The molecule has 8 heteroatoms. The minimum absolute atomic E-state index is 0.0316. The SMILES string of the molecule is Cc1ccc(-c2noc(CN3CCN(C(=O)C(Oc4ccccc4C#N)C(C)C)CC3)n2)cc1. The summed E-state index contributed by atoms with van der Waals surface area (Å²) in [6, 6.07) is 17.1. The van der Waals surface area contributed by atoms with Crippen LogP contribution in [0.5, 0.6) is 5.75 Å². The van der Waals surface area contributed by atoms with Crippen molar-refractivity contribution >= 4 is 5.91 Å². The Morgan fingerprint density at radius 1 is 1.12 bits per heavy atom. The number of aromatic nitrogens is 2. The van der Waals surface area contributed by atoms with Gasteiger partial charge in [0.2, 0.25) is 11.7 Å². The number of nitriles is 1. The zero-order chi connectivity index (χ0) is 24.1. The van der Waals surface area contributed by atoms with E-state index in [2.05, 4.69) is 21.1 Å². The van der Waals surface area contributed by atoms with Crippen LogP contribution in [0.1, 0.15) is 30.9 Å². The average molecular weight is 460 g/mol. The lowest BCUT2D eigenvalue weighted by molar-refractivity contribution is -0.142. The number of rotatable bonds is 7. The number of benzene rings is 2. The summed E-state index contributed by atoms with van der Waals surface area (Å²) in [5, 5.41) is 13.4. The summed E-state index contributed by atoms with van der Waals surface area (Å²) in [6.07, 6.45) is -0.644. The van der Waals surface area contributed by atoms with Crippen molar-refractivity contribution in [3.05, 3.63) is 65.5 Å². The minimum atomic E-state index is -0.644. The van der Waals surface area contributed by atoms with Crippen LogP contribution in [0.25, 0.3) is 11.4 Å². The third-order valence-corrected chi connectivity index (χ3v) is 5.93. The monoisotopic (exact) mass is 459 g/mol. The van der Waals surface area contributed by atoms with Gasteiger partial charge in [0.15, 0.2) is 6.10 Å². The second-order valence-corrected chi connectivity index (χ2v) is 8.87. The van der Waals surface area contributed by atoms with Gasteiger partial charge in [-0.1, -0.05) is 61.0 Å². The maximum absolute atomic E-state index is 13.3. The lowest BCUT2D eigenvalue weighted by atomic mass is 10.0. The Morgan fingerprint density at radius 3 is 2.50 bits per heavy atom. The quantitative estimate of drug-likeness (QED) is 0.532. The number of amides is 1. The molecule has 2 aromatic carbocycles. The van der Waals surface area contributed by atoms with Gasteiger partial charge in [-0.05, 0) is 25.0 Å². The van der Waals surface area contributed by atoms with Crippen LogP contribution >= 0.6 is 0 Å². The number of hydrogen-bond acceptors (Lipinski definition) is 7. The van der Waals surface area contributed by atoms with Crippen LogP contribution in [0.2, 0.25) is 0 Å². The van der Waals surface area contributed by atoms with Crippen LogP contribution in [0, 0.1) is 24.2 Å². The molecule has 2 heterocycles. The molecule has 176 valence electrons. The molecule has 1 atom stereocenters. The molecule has 1 aliphatic heterocycles. The van der Waals surface area contributed by atoms with Gasteiger partial charge in [0.25, 0.3) is 5.91 Å². The zero-order valence-electron chi connectivity index (χ0n) is 19.8. The Labute approximate surface area is 199 Å². The second kappa shape index (κ2) is 10.5. The molecule has 0 spiro atoms. The van der Waals surface area contributed by atoms with Crippen LogP contribution in [-0.2, 0) is 11.3 Å². The summed E-state index contributed by atoms with van der Waals surface area (Å²) in [5.74, 6) is 1.50. The number of hydrogen-bond donors (Lipinski definition) is 0. The molecule has 8 nitrogen and oxygen atoms in total. The fourth-order valence-corrected chi connectivity index (χ4v) is 3.91. The summed E-state index contributed by atoms with van der Waals surface area (Å²) in [4.78, 5) is 21.8. The van der Waals surface area contributed by atoms with Crippen LogP contribution in [0.15, 0.2) is 53.1 Å². The normalized spacial score (nSPS) is 15.2. The Hall–Kier alpha value is -3.70. The molecule has 1 fully saturated rings. The van der Waals surface area contributed by atoms with E-state index in [1.165, 1.54) is 5.56 Å². The first kappa shape index (κ1) is 23.5. The van der Waals surface area contributed by atoms with Gasteiger partial charge in [-0.2, -0.15) is 10.2 Å². The fourth-order valence-electron chi connectivity index (χ4n) is 3.91. The van der Waals surface area contributed by atoms with Crippen LogP contribution in [0.4, 0.5) is 0 Å². The maximum Gasteiger partial charge on any atom is 0.264 e. The van der Waals surface area contributed by atoms with Gasteiger partial charge in [0.05, 0.1) is 12.1 Å². The molecule has 0 radical (unpaired) electrons. The summed E-state index contributed by atoms with van der Waals surface area (Å²) in [7, 11) is 0. The summed E-state index contributed by atoms with van der Waals surface area (Å²) in [6.45, 7) is 9.07. The molecule has 0 bridgehead atoms. The van der Waals surface area contributed by atoms with E-state index < -0.39 is 6.10 Å². The molecule has 3 aromatic rings. The zero-order valence-corrected chi connectivity index (χ0v) is 19.8. The molecular formula is C26H29N5O3. The highest BCUT2D eigenvalue weighted by molar-refractivity contribution is 5.81. The topological polar surface area (TPSA) is 95.5 Å². The van der Waals surface area contributed by atoms with Gasteiger partial charge in [-0.15, -0.1) is 0 Å². The van der Waals surface area contributed by atoms with E-state index in [0.29, 0.717) is 55.8 Å². The van der Waals surface area contributed by atoms with E-state index >= 15 is 0 Å². The molecular weight excluding hydrogens is 430 g/mol. The predicted molar refractivity (Wildman–Crippen MR) is 127 cm³/mol. The highest BCUT2D eigenvalue weighted by atomic mass is 16.5. The highest BCUT2D eigenvalue weighted by Gasteiger charge is 2.32. The van der Waals surface area contributed by atoms with Gasteiger partial charge < -0.3 is 14.2 Å².